The van der Waals surface area contributed by atoms with Gasteiger partial charge in [0.1, 0.15) is 17.4 Å². The Morgan fingerprint density at radius 1 is 1.34 bits per heavy atom. The first-order valence-corrected chi connectivity index (χ1v) is 11.0. The SMILES string of the molecule is C=S1(=O)C[C@@](C)(c2cc(CC(=O)Cc3nc(C)no3)ccc2F)N=C(N)C1(C)C. The fourth-order valence-corrected chi connectivity index (χ4v) is 5.28. The fourth-order valence-electron chi connectivity index (χ4n) is 3.36. The van der Waals surface area contributed by atoms with Crippen molar-refractivity contribution in [1.29, 1.82) is 0 Å². The Hall–Kier alpha value is -2.55. The molecule has 2 aromatic rings. The number of aromatic nitrogens is 2. The summed E-state index contributed by atoms with van der Waals surface area (Å²) in [4.78, 5) is 20.9. The molecule has 3 rings (SSSR count). The van der Waals surface area contributed by atoms with Crippen LogP contribution in [0.4, 0.5) is 4.39 Å². The summed E-state index contributed by atoms with van der Waals surface area (Å²) >= 11 is 0. The van der Waals surface area contributed by atoms with E-state index in [1.54, 1.807) is 39.8 Å². The molecule has 29 heavy (non-hydrogen) atoms. The molecule has 1 aliphatic rings. The van der Waals surface area contributed by atoms with Crippen LogP contribution >= 0.6 is 0 Å². The second-order valence-electron chi connectivity index (χ2n) is 8.18. The number of amidine groups is 1. The Morgan fingerprint density at radius 2 is 2.03 bits per heavy atom. The summed E-state index contributed by atoms with van der Waals surface area (Å²) in [6.45, 7) is 6.81. The summed E-state index contributed by atoms with van der Waals surface area (Å²) < 4.78 is 32.0. The first-order valence-electron chi connectivity index (χ1n) is 9.14. The van der Waals surface area contributed by atoms with Crippen LogP contribution in [0, 0.1) is 12.7 Å². The molecule has 1 aromatic heterocycles. The van der Waals surface area contributed by atoms with Gasteiger partial charge >= 0.3 is 0 Å². The minimum Gasteiger partial charge on any atom is -0.386 e. The van der Waals surface area contributed by atoms with Crippen LogP contribution in [-0.2, 0) is 32.7 Å². The molecule has 2 N–H and O–H groups in total. The molecular formula is C20H25FN4O3S. The first kappa shape index (κ1) is 21.2. The third-order valence-electron chi connectivity index (χ3n) is 5.36. The number of nitrogens with zero attached hydrogens (tertiary/aromatic N) is 3. The van der Waals surface area contributed by atoms with Gasteiger partial charge in [-0.3, -0.25) is 14.0 Å². The molecular weight excluding hydrogens is 395 g/mol. The monoisotopic (exact) mass is 420 g/mol. The van der Waals surface area contributed by atoms with Gasteiger partial charge in [-0.25, -0.2) is 4.39 Å². The molecule has 7 nitrogen and oxygen atoms in total. The Bertz CT molecular complexity index is 1100. The van der Waals surface area contributed by atoms with Crippen molar-refractivity contribution in [1.82, 2.24) is 10.1 Å². The lowest BCUT2D eigenvalue weighted by Gasteiger charge is -2.41. The maximum atomic E-state index is 14.7. The maximum Gasteiger partial charge on any atom is 0.234 e. The highest BCUT2D eigenvalue weighted by atomic mass is 32.2. The average Bonchev–Trinajstić information content (AvgIpc) is 2.99. The minimum absolute atomic E-state index is 0.00317. The van der Waals surface area contributed by atoms with E-state index in [1.165, 1.54) is 6.07 Å². The molecule has 1 unspecified atom stereocenters. The van der Waals surface area contributed by atoms with Gasteiger partial charge < -0.3 is 10.3 Å². The molecule has 1 aliphatic heterocycles. The Labute approximate surface area is 169 Å². The quantitative estimate of drug-likeness (QED) is 0.740. The van der Waals surface area contributed by atoms with Crippen molar-refractivity contribution in [2.45, 2.75) is 50.8 Å². The van der Waals surface area contributed by atoms with E-state index in [4.69, 9.17) is 10.3 Å². The van der Waals surface area contributed by atoms with E-state index in [0.717, 1.165) is 0 Å². The van der Waals surface area contributed by atoms with E-state index in [1.807, 2.05) is 0 Å². The van der Waals surface area contributed by atoms with Crippen LogP contribution < -0.4 is 5.73 Å². The first-order chi connectivity index (χ1) is 13.3. The van der Waals surface area contributed by atoms with Crippen LogP contribution in [0.25, 0.3) is 0 Å². The van der Waals surface area contributed by atoms with Gasteiger partial charge in [-0.15, -0.1) is 0 Å². The molecule has 2 heterocycles. The number of ketones is 1. The highest BCUT2D eigenvalue weighted by Gasteiger charge is 2.45. The second-order valence-corrected chi connectivity index (χ2v) is 11.1. The van der Waals surface area contributed by atoms with Crippen LogP contribution in [0.3, 0.4) is 0 Å². The largest absolute Gasteiger partial charge is 0.386 e. The second kappa shape index (κ2) is 7.05. The Kier molecular flexibility index (Phi) is 5.15. The molecule has 0 saturated heterocycles. The lowest BCUT2D eigenvalue weighted by molar-refractivity contribution is -0.118. The van der Waals surface area contributed by atoms with Crippen molar-refractivity contribution in [3.05, 3.63) is 46.9 Å². The van der Waals surface area contributed by atoms with E-state index in [9.17, 15) is 13.4 Å². The normalized spacial score (nSPS) is 26.2. The summed E-state index contributed by atoms with van der Waals surface area (Å²) in [7, 11) is -2.67. The molecule has 2 atom stereocenters. The van der Waals surface area contributed by atoms with E-state index < -0.39 is 25.6 Å². The number of benzene rings is 1. The number of carbonyl (C=O) groups excluding carboxylic acids is 1. The predicted molar refractivity (Wildman–Crippen MR) is 111 cm³/mol. The Morgan fingerprint density at radius 3 is 2.62 bits per heavy atom. The zero-order valence-corrected chi connectivity index (χ0v) is 17.8. The van der Waals surface area contributed by atoms with Crippen LogP contribution in [0.1, 0.15) is 43.6 Å². The number of nitrogens with two attached hydrogens (primary N) is 1. The summed E-state index contributed by atoms with van der Waals surface area (Å²) in [5.74, 6) is 4.16. The minimum atomic E-state index is -2.67. The highest BCUT2D eigenvalue weighted by Crippen LogP contribution is 2.38. The van der Waals surface area contributed by atoms with Crippen molar-refractivity contribution in [3.63, 3.8) is 0 Å². The molecule has 9 heteroatoms. The van der Waals surface area contributed by atoms with Gasteiger partial charge in [0.05, 0.1) is 16.7 Å². The van der Waals surface area contributed by atoms with Crippen molar-refractivity contribution in [2.75, 3.05) is 5.75 Å². The molecule has 0 aliphatic carbocycles. The van der Waals surface area contributed by atoms with Crippen molar-refractivity contribution in [2.24, 2.45) is 10.7 Å². The van der Waals surface area contributed by atoms with E-state index in [2.05, 4.69) is 21.0 Å². The van der Waals surface area contributed by atoms with Crippen LogP contribution in [0.2, 0.25) is 0 Å². The van der Waals surface area contributed by atoms with Crippen molar-refractivity contribution < 1.29 is 17.9 Å². The summed E-state index contributed by atoms with van der Waals surface area (Å²) in [6.07, 6.45) is 0.0615. The number of rotatable bonds is 5. The number of carbonyl (C=O) groups is 1. The lowest BCUT2D eigenvalue weighted by atomic mass is 9.90. The molecule has 0 fully saturated rings. The zero-order chi connectivity index (χ0) is 21.6. The number of aryl methyl sites for hydroxylation is 1. The van der Waals surface area contributed by atoms with Gasteiger partial charge in [-0.05, 0) is 60.8 Å². The molecule has 156 valence electrons. The number of halogens is 1. The molecule has 0 amide bonds. The highest BCUT2D eigenvalue weighted by molar-refractivity contribution is 8.02. The molecule has 0 bridgehead atoms. The molecule has 0 radical (unpaired) electrons. The number of hydrogen-bond donors (Lipinski definition) is 1. The van der Waals surface area contributed by atoms with Crippen LogP contribution in [0.15, 0.2) is 27.7 Å². The molecule has 0 saturated carbocycles. The predicted octanol–water partition coefficient (Wildman–Crippen LogP) is 1.95. The summed E-state index contributed by atoms with van der Waals surface area (Å²) in [5.41, 5.74) is 5.81. The lowest BCUT2D eigenvalue weighted by Crippen LogP contribution is -2.54. The van der Waals surface area contributed by atoms with E-state index in [0.29, 0.717) is 11.4 Å². The van der Waals surface area contributed by atoms with Gasteiger partial charge in [0.25, 0.3) is 0 Å². The smallest absolute Gasteiger partial charge is 0.234 e. The van der Waals surface area contributed by atoms with E-state index in [-0.39, 0.29) is 41.7 Å². The number of hydrogen-bond acceptors (Lipinski definition) is 7. The molecule has 0 spiro atoms. The third kappa shape index (κ3) is 3.96. The Balaban J connectivity index is 1.91. The number of Topliss-reactive ketones (excluding diaryl/α,β-unsaturated/α-hetero) is 1. The summed E-state index contributed by atoms with van der Waals surface area (Å²) in [6, 6.07) is 4.41. The number of aliphatic imine (C=N–C) groups is 1. The summed E-state index contributed by atoms with van der Waals surface area (Å²) in [5, 5.41) is 3.66. The van der Waals surface area contributed by atoms with Gasteiger partial charge in [-0.2, -0.15) is 4.98 Å². The fraction of sp³-hybridized carbons (Fsp3) is 0.450. The topological polar surface area (TPSA) is 111 Å². The van der Waals surface area contributed by atoms with Gasteiger partial charge in [0, 0.05) is 17.7 Å². The zero-order valence-electron chi connectivity index (χ0n) is 17.0. The average molecular weight is 421 g/mol. The maximum absolute atomic E-state index is 14.7. The van der Waals surface area contributed by atoms with Crippen LogP contribution in [-0.4, -0.2) is 42.3 Å². The van der Waals surface area contributed by atoms with Crippen LogP contribution in [0.5, 0.6) is 0 Å². The third-order valence-corrected chi connectivity index (χ3v) is 8.46. The van der Waals surface area contributed by atoms with Gasteiger partial charge in [-0.1, -0.05) is 11.2 Å². The molecule has 1 aromatic carbocycles. The van der Waals surface area contributed by atoms with E-state index >= 15 is 0 Å². The van der Waals surface area contributed by atoms with Gasteiger partial charge in [0.15, 0.2) is 5.82 Å². The van der Waals surface area contributed by atoms with Crippen molar-refractivity contribution >= 4 is 27.0 Å². The standard InChI is InChI=1S/C20H25FN4O3S/c1-12-23-17(28-25-12)10-14(26)8-13-6-7-16(21)15(9-13)20(4)11-29(5,27)19(2,3)18(22)24-20/h6-7,9H,5,8,10-11H2,1-4H3,(H2,22,24)/t20-,29?/m0/s1. The van der Waals surface area contributed by atoms with Crippen molar-refractivity contribution in [3.8, 4) is 0 Å². The van der Waals surface area contributed by atoms with Gasteiger partial charge in [0.2, 0.25) is 5.89 Å².